The number of para-hydroxylation sites is 1. The number of halogens is 6. The largest absolute Gasteiger partial charge is 0.495 e. The Labute approximate surface area is 245 Å². The van der Waals surface area contributed by atoms with Crippen LogP contribution >= 0.6 is 12.4 Å². The van der Waals surface area contributed by atoms with Crippen molar-refractivity contribution in [2.24, 2.45) is 10.9 Å². The molecule has 0 spiro atoms. The number of anilines is 2. The van der Waals surface area contributed by atoms with Crippen LogP contribution in [0.3, 0.4) is 0 Å². The van der Waals surface area contributed by atoms with E-state index in [1.165, 1.54) is 36.3 Å². The average Bonchev–Trinajstić information content (AvgIpc) is 2.94. The molecule has 0 amide bonds. The summed E-state index contributed by atoms with van der Waals surface area (Å²) in [6.45, 7) is 2.73. The molecule has 1 fully saturated rings. The molecular weight excluding hydrogens is 581 g/mol. The second-order valence-corrected chi connectivity index (χ2v) is 10.2. The van der Waals surface area contributed by atoms with Crippen LogP contribution in [0.15, 0.2) is 59.6 Å². The summed E-state index contributed by atoms with van der Waals surface area (Å²) in [7, 11) is 1.32. The topological polar surface area (TPSA) is 65.4 Å². The van der Waals surface area contributed by atoms with Gasteiger partial charge >= 0.3 is 12.1 Å². The van der Waals surface area contributed by atoms with E-state index in [1.54, 1.807) is 25.1 Å². The number of aliphatic carboxylic acids is 1. The van der Waals surface area contributed by atoms with E-state index in [0.717, 1.165) is 17.8 Å². The summed E-state index contributed by atoms with van der Waals surface area (Å²) in [5.74, 6) is -2.12. The van der Waals surface area contributed by atoms with Crippen molar-refractivity contribution in [3.63, 3.8) is 0 Å². The van der Waals surface area contributed by atoms with Gasteiger partial charge in [-0.1, -0.05) is 12.1 Å². The van der Waals surface area contributed by atoms with Crippen molar-refractivity contribution in [3.05, 3.63) is 82.9 Å². The maximum absolute atomic E-state index is 15.1. The number of hydrogen-bond donors (Lipinski definition) is 1. The summed E-state index contributed by atoms with van der Waals surface area (Å²) in [5, 5.41) is 9.83. The Hall–Kier alpha value is -3.86. The molecular formula is C30H29ClF5N3O3. The molecule has 3 aromatic carbocycles. The first-order valence-corrected chi connectivity index (χ1v) is 13.1. The van der Waals surface area contributed by atoms with Crippen molar-refractivity contribution in [1.82, 2.24) is 0 Å². The van der Waals surface area contributed by atoms with Crippen molar-refractivity contribution in [2.45, 2.75) is 38.4 Å². The Balaban J connectivity index is 0.00000405. The first-order valence-electron chi connectivity index (χ1n) is 13.1. The molecule has 0 aromatic heterocycles. The zero-order valence-corrected chi connectivity index (χ0v) is 23.6. The number of benzene rings is 3. The minimum Gasteiger partial charge on any atom is -0.495 e. The second kappa shape index (κ2) is 12.2. The van der Waals surface area contributed by atoms with E-state index in [4.69, 9.17) is 4.74 Å². The number of rotatable bonds is 6. The summed E-state index contributed by atoms with van der Waals surface area (Å²) < 4.78 is 75.8. The van der Waals surface area contributed by atoms with Gasteiger partial charge in [0.2, 0.25) is 0 Å². The number of piperidine rings is 1. The lowest BCUT2D eigenvalue weighted by Gasteiger charge is -2.43. The standard InChI is InChI=1S/C30H28F5N3O3.ClH/c1-17-14-20(7-8-22(17)31)37-12-10-18(11-13-37)29-36-28-21(4-3-5-23(28)32)24(16-27(39)40)38(29)25-15-19(30(33,34)35)6-9-26(25)41-2;/h3-9,14-15,18,24H,10-13,16H2,1-2H3,(H,39,40);1H. The lowest BCUT2D eigenvalue weighted by atomic mass is 9.89. The molecule has 5 rings (SSSR count). The van der Waals surface area contributed by atoms with Crippen molar-refractivity contribution in [1.29, 1.82) is 0 Å². The van der Waals surface area contributed by atoms with Crippen molar-refractivity contribution in [3.8, 4) is 5.75 Å². The van der Waals surface area contributed by atoms with Crippen LogP contribution < -0.4 is 14.5 Å². The molecule has 6 nitrogen and oxygen atoms in total. The van der Waals surface area contributed by atoms with E-state index >= 15 is 4.39 Å². The summed E-state index contributed by atoms with van der Waals surface area (Å²) >= 11 is 0. The summed E-state index contributed by atoms with van der Waals surface area (Å²) in [5.41, 5.74) is 0.645. The summed E-state index contributed by atoms with van der Waals surface area (Å²) in [4.78, 5) is 20.2. The van der Waals surface area contributed by atoms with Crippen molar-refractivity contribution >= 4 is 41.3 Å². The third-order valence-corrected chi connectivity index (χ3v) is 7.66. The predicted octanol–water partition coefficient (Wildman–Crippen LogP) is 7.71. The molecule has 1 atom stereocenters. The van der Waals surface area contributed by atoms with Crippen LogP contribution in [0.1, 0.15) is 42.0 Å². The lowest BCUT2D eigenvalue weighted by molar-refractivity contribution is -0.138. The maximum atomic E-state index is 15.1. The molecule has 3 aromatic rings. The van der Waals surface area contributed by atoms with Crippen LogP contribution in [0.5, 0.6) is 5.75 Å². The van der Waals surface area contributed by atoms with Crippen LogP contribution in [0.25, 0.3) is 0 Å². The molecule has 0 saturated carbocycles. The van der Waals surface area contributed by atoms with Crippen molar-refractivity contribution < 1.29 is 36.6 Å². The zero-order valence-electron chi connectivity index (χ0n) is 22.8. The first-order chi connectivity index (χ1) is 19.5. The van der Waals surface area contributed by atoms with Crippen LogP contribution in [0.4, 0.5) is 39.0 Å². The van der Waals surface area contributed by atoms with Gasteiger partial charge in [-0.15, -0.1) is 12.4 Å². The van der Waals surface area contributed by atoms with Gasteiger partial charge in [0.05, 0.1) is 30.8 Å². The van der Waals surface area contributed by atoms with Gasteiger partial charge < -0.3 is 19.6 Å². The molecule has 0 aliphatic carbocycles. The van der Waals surface area contributed by atoms with Crippen LogP contribution in [0.2, 0.25) is 0 Å². The predicted molar refractivity (Wildman–Crippen MR) is 152 cm³/mol. The number of aryl methyl sites for hydroxylation is 1. The van der Waals surface area contributed by atoms with Gasteiger partial charge in [-0.25, -0.2) is 13.8 Å². The third-order valence-electron chi connectivity index (χ3n) is 7.66. The molecule has 224 valence electrons. The molecule has 2 heterocycles. The van der Waals surface area contributed by atoms with E-state index in [-0.39, 0.29) is 52.7 Å². The number of nitrogens with zero attached hydrogens (tertiary/aromatic N) is 3. The normalized spacial score (nSPS) is 17.3. The SMILES string of the molecule is COc1ccc(C(F)(F)F)cc1N1C(C2CCN(c3ccc(F)c(C)c3)CC2)=Nc2c(F)cccc2C1CC(=O)O.Cl. The molecule has 1 unspecified atom stereocenters. The first kappa shape index (κ1) is 31.1. The van der Waals surface area contributed by atoms with Gasteiger partial charge in [0.1, 0.15) is 28.9 Å². The Bertz CT molecular complexity index is 1510. The van der Waals surface area contributed by atoms with E-state index in [9.17, 15) is 27.5 Å². The lowest BCUT2D eigenvalue weighted by Crippen LogP contribution is -2.46. The fourth-order valence-electron chi connectivity index (χ4n) is 5.61. The highest BCUT2D eigenvalue weighted by molar-refractivity contribution is 6.05. The van der Waals surface area contributed by atoms with Crippen LogP contribution in [-0.2, 0) is 11.0 Å². The molecule has 0 radical (unpaired) electrons. The average molecular weight is 610 g/mol. The molecule has 0 bridgehead atoms. The number of carbonyl (C=O) groups is 1. The monoisotopic (exact) mass is 609 g/mol. The van der Waals surface area contributed by atoms with Crippen molar-refractivity contribution in [2.75, 3.05) is 30.0 Å². The number of fused-ring (bicyclic) bond motifs is 1. The molecule has 1 N–H and O–H groups in total. The third kappa shape index (κ3) is 6.01. The quantitative estimate of drug-likeness (QED) is 0.290. The fourth-order valence-corrected chi connectivity index (χ4v) is 5.61. The van der Waals surface area contributed by atoms with Crippen LogP contribution in [-0.4, -0.2) is 37.1 Å². The van der Waals surface area contributed by atoms with Gasteiger partial charge in [-0.3, -0.25) is 4.79 Å². The number of carboxylic acid groups (broad SMARTS) is 1. The van der Waals surface area contributed by atoms with E-state index < -0.39 is 36.0 Å². The Morgan fingerprint density at radius 1 is 1.05 bits per heavy atom. The highest BCUT2D eigenvalue weighted by atomic mass is 35.5. The van der Waals surface area contributed by atoms with Gasteiger partial charge in [-0.2, -0.15) is 13.2 Å². The van der Waals surface area contributed by atoms with Crippen LogP contribution in [0, 0.1) is 24.5 Å². The number of ether oxygens (including phenoxy) is 1. The highest BCUT2D eigenvalue weighted by Crippen LogP contribution is 2.47. The summed E-state index contributed by atoms with van der Waals surface area (Å²) in [6, 6.07) is 11.0. The molecule has 2 aliphatic rings. The highest BCUT2D eigenvalue weighted by Gasteiger charge is 2.41. The minimum atomic E-state index is -4.67. The zero-order chi connectivity index (χ0) is 29.5. The van der Waals surface area contributed by atoms with E-state index in [2.05, 4.69) is 9.89 Å². The fraction of sp³-hybridized carbons (Fsp3) is 0.333. The number of amidine groups is 1. The number of hydrogen-bond acceptors (Lipinski definition) is 5. The number of carboxylic acids is 1. The number of methoxy groups -OCH3 is 1. The second-order valence-electron chi connectivity index (χ2n) is 10.2. The van der Waals surface area contributed by atoms with E-state index in [1.807, 2.05) is 0 Å². The number of aliphatic imine (C=N–C) groups is 1. The smallest absolute Gasteiger partial charge is 0.416 e. The molecule has 1 saturated heterocycles. The Morgan fingerprint density at radius 2 is 1.76 bits per heavy atom. The molecule has 42 heavy (non-hydrogen) atoms. The van der Waals surface area contributed by atoms with Gasteiger partial charge in [-0.05, 0) is 67.8 Å². The Kier molecular flexibility index (Phi) is 9.01. The van der Waals surface area contributed by atoms with Gasteiger partial charge in [0.25, 0.3) is 0 Å². The van der Waals surface area contributed by atoms with E-state index in [0.29, 0.717) is 31.5 Å². The molecule has 2 aliphatic heterocycles. The maximum Gasteiger partial charge on any atom is 0.416 e. The van der Waals surface area contributed by atoms with Gasteiger partial charge in [0, 0.05) is 30.3 Å². The number of alkyl halides is 3. The van der Waals surface area contributed by atoms with Gasteiger partial charge in [0.15, 0.2) is 0 Å². The summed E-state index contributed by atoms with van der Waals surface area (Å²) in [6.07, 6.45) is -4.19. The molecule has 12 heteroatoms. The Morgan fingerprint density at radius 3 is 2.38 bits per heavy atom. The minimum absolute atomic E-state index is 0.